The van der Waals surface area contributed by atoms with Crippen LogP contribution in [0.15, 0.2) is 11.6 Å². The van der Waals surface area contributed by atoms with Gasteiger partial charge in [0, 0.05) is 12.3 Å². The summed E-state index contributed by atoms with van der Waals surface area (Å²) in [6.45, 7) is 10.4. The zero-order chi connectivity index (χ0) is 44.2. The first-order chi connectivity index (χ1) is 29.4. The molecule has 0 radical (unpaired) electrons. The third kappa shape index (κ3) is 7.49. The molecule has 0 amide bonds. The van der Waals surface area contributed by atoms with Gasteiger partial charge in [-0.1, -0.05) is 39.3 Å². The van der Waals surface area contributed by atoms with E-state index in [-0.39, 0.29) is 16.9 Å². The SMILES string of the molecule is C[C@@H]1CC[C@@]2(OC1)O[C@H]1C[C@H]3[C@@H]4CC=C5C[C@@H](O[C@@H]6O[C@H](CO)[C@@H](O)[C@H](O[C@@H]7O[C@H](CO)[C@@H](O)[C@H](O)[C@H]7O)[C@H]6O[C@@H]6O[C@H](C)[C@@H](O)[C@H](O)[C@@H]6O)CC[C@]5(C)[C@H]4CC[C@]3(C)[C@H]1[C@@H]2C. The Bertz CT molecular complexity index is 1610. The fourth-order valence-corrected chi connectivity index (χ4v) is 14.0. The maximum absolute atomic E-state index is 11.6. The molecule has 354 valence electrons. The molecule has 0 unspecified atom stereocenters. The van der Waals surface area contributed by atoms with Gasteiger partial charge in [-0.3, -0.25) is 0 Å². The Labute approximate surface area is 363 Å². The molecule has 9 N–H and O–H groups in total. The Morgan fingerprint density at radius 3 is 2.03 bits per heavy atom. The van der Waals surface area contributed by atoms with E-state index < -0.39 is 117 Å². The van der Waals surface area contributed by atoms with Crippen LogP contribution < -0.4 is 0 Å². The first-order valence-electron chi connectivity index (χ1n) is 23.4. The van der Waals surface area contributed by atoms with E-state index in [1.807, 2.05) is 0 Å². The summed E-state index contributed by atoms with van der Waals surface area (Å²) in [6.07, 6.45) is -12.4. The third-order valence-electron chi connectivity index (χ3n) is 17.7. The van der Waals surface area contributed by atoms with Crippen molar-refractivity contribution < 1.29 is 83.9 Å². The van der Waals surface area contributed by atoms with E-state index in [4.69, 9.17) is 37.9 Å². The number of fused-ring (bicyclic) bond motifs is 7. The predicted molar refractivity (Wildman–Crippen MR) is 214 cm³/mol. The van der Waals surface area contributed by atoms with Crippen LogP contribution in [0.25, 0.3) is 0 Å². The van der Waals surface area contributed by atoms with Crippen LogP contribution in [0.5, 0.6) is 0 Å². The molecule has 5 saturated heterocycles. The van der Waals surface area contributed by atoms with Gasteiger partial charge in [-0.25, -0.2) is 0 Å². The van der Waals surface area contributed by atoms with Crippen molar-refractivity contribution >= 4 is 0 Å². The first-order valence-corrected chi connectivity index (χ1v) is 23.4. The van der Waals surface area contributed by atoms with Crippen molar-refractivity contribution in [3.05, 3.63) is 11.6 Å². The highest BCUT2D eigenvalue weighted by atomic mass is 16.8. The van der Waals surface area contributed by atoms with E-state index in [9.17, 15) is 46.0 Å². The van der Waals surface area contributed by atoms with E-state index in [1.165, 1.54) is 12.5 Å². The predicted octanol–water partition coefficient (Wildman–Crippen LogP) is 0.214. The molecule has 5 aliphatic heterocycles. The Kier molecular flexibility index (Phi) is 12.9. The monoisotopic (exact) mass is 884 g/mol. The van der Waals surface area contributed by atoms with Gasteiger partial charge in [-0.15, -0.1) is 0 Å². The number of ether oxygens (including phenoxy) is 8. The van der Waals surface area contributed by atoms with Crippen molar-refractivity contribution in [1.29, 1.82) is 0 Å². The summed E-state index contributed by atoms with van der Waals surface area (Å²) < 4.78 is 50.3. The van der Waals surface area contributed by atoms with Gasteiger partial charge < -0.3 is 83.9 Å². The average molecular weight is 885 g/mol. The summed E-state index contributed by atoms with van der Waals surface area (Å²) in [5.41, 5.74) is 1.45. The molecule has 62 heavy (non-hydrogen) atoms. The second kappa shape index (κ2) is 17.3. The van der Waals surface area contributed by atoms with Gasteiger partial charge in [0.1, 0.15) is 67.1 Å². The molecule has 1 spiro atoms. The van der Waals surface area contributed by atoms with Crippen molar-refractivity contribution in [1.82, 2.24) is 0 Å². The number of aliphatic hydroxyl groups is 9. The molecular weight excluding hydrogens is 812 g/mol. The number of hydrogen-bond donors (Lipinski definition) is 9. The van der Waals surface area contributed by atoms with Crippen molar-refractivity contribution in [2.24, 2.45) is 46.3 Å². The van der Waals surface area contributed by atoms with Crippen molar-refractivity contribution in [3.63, 3.8) is 0 Å². The Morgan fingerprint density at radius 1 is 0.677 bits per heavy atom. The molecule has 3 saturated carbocycles. The molecule has 0 aromatic carbocycles. The van der Waals surface area contributed by atoms with E-state index in [2.05, 4.69) is 33.8 Å². The summed E-state index contributed by atoms with van der Waals surface area (Å²) in [5, 5.41) is 95.8. The van der Waals surface area contributed by atoms with Crippen LogP contribution in [0.1, 0.15) is 92.4 Å². The van der Waals surface area contributed by atoms with Gasteiger partial charge in [-0.05, 0) is 98.7 Å². The molecule has 0 bridgehead atoms. The van der Waals surface area contributed by atoms with Crippen LogP contribution in [-0.4, -0.2) is 176 Å². The largest absolute Gasteiger partial charge is 0.394 e. The van der Waals surface area contributed by atoms with Crippen molar-refractivity contribution in [2.45, 2.75) is 203 Å². The number of rotatable bonds is 8. The second-order valence-corrected chi connectivity index (χ2v) is 21.1. The Morgan fingerprint density at radius 2 is 1.34 bits per heavy atom. The smallest absolute Gasteiger partial charge is 0.187 e. The molecule has 26 atom stereocenters. The topological polar surface area (TPSA) is 256 Å². The highest BCUT2D eigenvalue weighted by molar-refractivity contribution is 5.26. The minimum absolute atomic E-state index is 0.0484. The third-order valence-corrected chi connectivity index (χ3v) is 17.7. The maximum Gasteiger partial charge on any atom is 0.187 e. The van der Waals surface area contributed by atoms with Crippen molar-refractivity contribution in [2.75, 3.05) is 19.8 Å². The van der Waals surface area contributed by atoms with Gasteiger partial charge in [0.15, 0.2) is 24.7 Å². The van der Waals surface area contributed by atoms with Gasteiger partial charge in [-0.2, -0.15) is 0 Å². The van der Waals surface area contributed by atoms with E-state index in [1.54, 1.807) is 0 Å². The molecule has 8 fully saturated rings. The second-order valence-electron chi connectivity index (χ2n) is 21.1. The molecule has 9 rings (SSSR count). The minimum atomic E-state index is -1.84. The molecule has 4 aliphatic carbocycles. The highest BCUT2D eigenvalue weighted by Gasteiger charge is 2.69. The fraction of sp³-hybridized carbons (Fsp3) is 0.956. The summed E-state index contributed by atoms with van der Waals surface area (Å²) in [4.78, 5) is 0. The van der Waals surface area contributed by atoms with Crippen LogP contribution in [0.3, 0.4) is 0 Å². The number of allylic oxidation sites excluding steroid dienone is 1. The molecule has 0 aromatic heterocycles. The summed E-state index contributed by atoms with van der Waals surface area (Å²) >= 11 is 0. The average Bonchev–Trinajstić information content (AvgIpc) is 3.70. The van der Waals surface area contributed by atoms with Crippen LogP contribution in [-0.2, 0) is 37.9 Å². The lowest BCUT2D eigenvalue weighted by Crippen LogP contribution is -2.67. The molecule has 17 heteroatoms. The minimum Gasteiger partial charge on any atom is -0.394 e. The quantitative estimate of drug-likeness (QED) is 0.148. The summed E-state index contributed by atoms with van der Waals surface area (Å²) in [5.74, 6) is 2.52. The Balaban J connectivity index is 0.940. The lowest BCUT2D eigenvalue weighted by Gasteiger charge is -2.59. The lowest BCUT2D eigenvalue weighted by atomic mass is 9.47. The molecule has 17 nitrogen and oxygen atoms in total. The number of hydrogen-bond acceptors (Lipinski definition) is 17. The maximum atomic E-state index is 11.6. The molecule has 0 aromatic rings. The van der Waals surface area contributed by atoms with E-state index >= 15 is 0 Å². The summed E-state index contributed by atoms with van der Waals surface area (Å²) in [6, 6.07) is 0. The van der Waals surface area contributed by atoms with E-state index in [0.717, 1.165) is 51.6 Å². The van der Waals surface area contributed by atoms with Crippen LogP contribution in [0.4, 0.5) is 0 Å². The molecular formula is C45H72O17. The standard InChI is InChI=1S/C45H72O17/c1-19-8-13-45(55-18-19)20(2)30-27(62-45)15-26-24-7-6-22-14-23(9-11-43(22,4)25(24)10-12-44(26,30)5)57-42-39(61-40-36(53)34(51)31(48)21(3)56-40)38(33(50)29(17-47)59-42)60-41-37(54)35(52)32(49)28(16-46)58-41/h6,19-21,23-42,46-54H,7-18H2,1-5H3/t19-,20+,21-,23+,24-,25+,26+,27+,28-,29-,30+,31-,32-,33-,34+,35+,36+,37-,38+,39-,40+,41+,42-,43+,44+,45-/m1/s1. The van der Waals surface area contributed by atoms with E-state index in [0.29, 0.717) is 48.3 Å². The zero-order valence-corrected chi connectivity index (χ0v) is 36.6. The van der Waals surface area contributed by atoms with Crippen LogP contribution in [0.2, 0.25) is 0 Å². The molecule has 5 heterocycles. The lowest BCUT2D eigenvalue weighted by molar-refractivity contribution is -0.394. The highest BCUT2D eigenvalue weighted by Crippen LogP contribution is 2.70. The first kappa shape index (κ1) is 46.2. The molecule has 9 aliphatic rings. The van der Waals surface area contributed by atoms with Gasteiger partial charge >= 0.3 is 0 Å². The normalized spacial score (nSPS) is 57.6. The van der Waals surface area contributed by atoms with Gasteiger partial charge in [0.25, 0.3) is 0 Å². The Hall–Kier alpha value is -0.940. The van der Waals surface area contributed by atoms with Crippen LogP contribution in [0, 0.1) is 46.3 Å². The van der Waals surface area contributed by atoms with Gasteiger partial charge in [0.2, 0.25) is 0 Å². The zero-order valence-electron chi connectivity index (χ0n) is 36.6. The van der Waals surface area contributed by atoms with Crippen molar-refractivity contribution in [3.8, 4) is 0 Å². The van der Waals surface area contributed by atoms with Gasteiger partial charge in [0.05, 0.1) is 38.1 Å². The number of aliphatic hydroxyl groups excluding tert-OH is 9. The van der Waals surface area contributed by atoms with Crippen LogP contribution >= 0.6 is 0 Å². The fourth-order valence-electron chi connectivity index (χ4n) is 14.0. The summed E-state index contributed by atoms with van der Waals surface area (Å²) in [7, 11) is 0.